The van der Waals surface area contributed by atoms with Crippen LogP contribution in [0.5, 0.6) is 0 Å². The number of halogens is 3. The third-order valence-corrected chi connectivity index (χ3v) is 2.95. The molecular weight excluding hydrogens is 314 g/mol. The van der Waals surface area contributed by atoms with Crippen LogP contribution in [-0.4, -0.2) is 11.8 Å². The second-order valence-electron chi connectivity index (χ2n) is 4.32. The van der Waals surface area contributed by atoms with E-state index >= 15 is 0 Å². The van der Waals surface area contributed by atoms with Crippen molar-refractivity contribution in [3.8, 4) is 0 Å². The Labute approximate surface area is 130 Å². The van der Waals surface area contributed by atoms with Crippen LogP contribution in [0.25, 0.3) is 0 Å². The molecule has 114 valence electrons. The zero-order chi connectivity index (χ0) is 16.1. The van der Waals surface area contributed by atoms with Gasteiger partial charge in [-0.05, 0) is 49.4 Å². The molecule has 0 aliphatic carbocycles. The van der Waals surface area contributed by atoms with Crippen LogP contribution < -0.4 is 5.32 Å². The number of oxime groups is 1. The zero-order valence-electron chi connectivity index (χ0n) is 11.4. The average molecular weight is 325 g/mol. The molecule has 0 spiro atoms. The van der Waals surface area contributed by atoms with Gasteiger partial charge in [-0.15, -0.1) is 0 Å². The molecule has 7 heteroatoms. The Morgan fingerprint density at radius 1 is 1.14 bits per heavy atom. The third kappa shape index (κ3) is 4.26. The lowest BCUT2D eigenvalue weighted by Gasteiger charge is -2.04. The number of carbonyl (C=O) groups excluding carboxylic acids is 1. The summed E-state index contributed by atoms with van der Waals surface area (Å²) in [5.74, 6) is -1.96. The largest absolute Gasteiger partial charge is 0.437 e. The minimum Gasteiger partial charge on any atom is -0.298 e. The summed E-state index contributed by atoms with van der Waals surface area (Å²) in [5.41, 5.74) is 1.01. The Morgan fingerprint density at radius 2 is 1.82 bits per heavy atom. The summed E-state index contributed by atoms with van der Waals surface area (Å²) in [6.45, 7) is 1.50. The number of nitrogens with zero attached hydrogens (tertiary/aromatic N) is 1. The summed E-state index contributed by atoms with van der Waals surface area (Å²) in [7, 11) is 0. The van der Waals surface area contributed by atoms with Gasteiger partial charge >= 0.3 is 6.09 Å². The van der Waals surface area contributed by atoms with E-state index in [1.54, 1.807) is 24.3 Å². The molecule has 0 atom stereocenters. The standard InChI is InChI=1S/C15H11ClF2N2O2/c1-9(10-2-7-13(17)14(18)8-10)20-22-15(21)19-12-5-3-11(16)4-6-12/h2-8H,1H3,(H,19,21)/b20-9-. The fourth-order valence-electron chi connectivity index (χ4n) is 1.56. The maximum Gasteiger partial charge on any atom is 0.437 e. The maximum atomic E-state index is 13.1. The highest BCUT2D eigenvalue weighted by atomic mass is 35.5. The van der Waals surface area contributed by atoms with E-state index in [0.717, 1.165) is 12.1 Å². The van der Waals surface area contributed by atoms with Gasteiger partial charge in [0.05, 0.1) is 5.71 Å². The molecule has 0 unspecified atom stereocenters. The minimum atomic E-state index is -1.00. The van der Waals surface area contributed by atoms with Crippen LogP contribution in [-0.2, 0) is 4.84 Å². The first-order valence-corrected chi connectivity index (χ1v) is 6.57. The van der Waals surface area contributed by atoms with Gasteiger partial charge in [-0.1, -0.05) is 16.8 Å². The molecular formula is C15H11ClF2N2O2. The number of hydrogen-bond donors (Lipinski definition) is 1. The molecule has 2 rings (SSSR count). The van der Waals surface area contributed by atoms with Crippen LogP contribution in [0.15, 0.2) is 47.6 Å². The molecule has 2 aromatic carbocycles. The number of amides is 1. The molecule has 22 heavy (non-hydrogen) atoms. The Balaban J connectivity index is 1.99. The summed E-state index contributed by atoms with van der Waals surface area (Å²) >= 11 is 5.72. The second-order valence-corrected chi connectivity index (χ2v) is 4.75. The number of carbonyl (C=O) groups is 1. The van der Waals surface area contributed by atoms with E-state index in [4.69, 9.17) is 11.6 Å². The average Bonchev–Trinajstić information content (AvgIpc) is 2.50. The quantitative estimate of drug-likeness (QED) is 0.510. The van der Waals surface area contributed by atoms with Crippen molar-refractivity contribution < 1.29 is 18.4 Å². The van der Waals surface area contributed by atoms with Gasteiger partial charge in [0.2, 0.25) is 0 Å². The molecule has 0 heterocycles. The van der Waals surface area contributed by atoms with Gasteiger partial charge in [0.15, 0.2) is 11.6 Å². The minimum absolute atomic E-state index is 0.227. The smallest absolute Gasteiger partial charge is 0.298 e. The first-order valence-electron chi connectivity index (χ1n) is 6.19. The van der Waals surface area contributed by atoms with Crippen LogP contribution in [0.1, 0.15) is 12.5 Å². The third-order valence-electron chi connectivity index (χ3n) is 2.69. The molecule has 0 aliphatic heterocycles. The molecule has 0 aromatic heterocycles. The van der Waals surface area contributed by atoms with Crippen molar-refractivity contribution in [2.75, 3.05) is 5.32 Å². The number of nitrogens with one attached hydrogen (secondary N) is 1. The van der Waals surface area contributed by atoms with E-state index in [0.29, 0.717) is 16.3 Å². The van der Waals surface area contributed by atoms with E-state index in [2.05, 4.69) is 15.3 Å². The monoisotopic (exact) mass is 324 g/mol. The molecule has 0 fully saturated rings. The van der Waals surface area contributed by atoms with E-state index in [9.17, 15) is 13.6 Å². The predicted octanol–water partition coefficient (Wildman–Crippen LogP) is 4.59. The normalized spacial score (nSPS) is 11.2. The van der Waals surface area contributed by atoms with Crippen molar-refractivity contribution in [2.24, 2.45) is 5.16 Å². The molecule has 0 aliphatic rings. The van der Waals surface area contributed by atoms with Gasteiger partial charge in [0.25, 0.3) is 0 Å². The summed E-state index contributed by atoms with van der Waals surface area (Å²) in [6, 6.07) is 9.66. The zero-order valence-corrected chi connectivity index (χ0v) is 12.2. The predicted molar refractivity (Wildman–Crippen MR) is 80.1 cm³/mol. The Hall–Kier alpha value is -2.47. The van der Waals surface area contributed by atoms with Gasteiger partial charge in [-0.3, -0.25) is 10.2 Å². The van der Waals surface area contributed by atoms with E-state index < -0.39 is 17.7 Å². The molecule has 0 saturated carbocycles. The van der Waals surface area contributed by atoms with Gasteiger partial charge in [0.1, 0.15) is 0 Å². The Kier molecular flexibility index (Phi) is 5.06. The molecule has 2 aromatic rings. The molecule has 0 radical (unpaired) electrons. The van der Waals surface area contributed by atoms with Crippen LogP contribution in [0, 0.1) is 11.6 Å². The van der Waals surface area contributed by atoms with E-state index in [1.807, 2.05) is 0 Å². The van der Waals surface area contributed by atoms with Crippen molar-refractivity contribution >= 4 is 29.1 Å². The second kappa shape index (κ2) is 7.00. The highest BCUT2D eigenvalue weighted by Crippen LogP contribution is 2.14. The SMILES string of the molecule is C/C(=N/OC(=O)Nc1ccc(Cl)cc1)c1ccc(F)c(F)c1. The van der Waals surface area contributed by atoms with Gasteiger partial charge in [0, 0.05) is 16.3 Å². The van der Waals surface area contributed by atoms with Gasteiger partial charge in [-0.25, -0.2) is 13.6 Å². The fourth-order valence-corrected chi connectivity index (χ4v) is 1.68. The lowest BCUT2D eigenvalue weighted by Crippen LogP contribution is -2.12. The lowest BCUT2D eigenvalue weighted by atomic mass is 10.1. The Bertz CT molecular complexity index is 718. The van der Waals surface area contributed by atoms with Crippen LogP contribution in [0.2, 0.25) is 5.02 Å². The van der Waals surface area contributed by atoms with Crippen molar-refractivity contribution in [3.05, 3.63) is 64.7 Å². The highest BCUT2D eigenvalue weighted by molar-refractivity contribution is 6.30. The lowest BCUT2D eigenvalue weighted by molar-refractivity contribution is 0.166. The van der Waals surface area contributed by atoms with Gasteiger partial charge < -0.3 is 0 Å². The molecule has 1 N–H and O–H groups in total. The Morgan fingerprint density at radius 3 is 2.45 bits per heavy atom. The van der Waals surface area contributed by atoms with Crippen molar-refractivity contribution in [1.29, 1.82) is 0 Å². The molecule has 0 saturated heterocycles. The van der Waals surface area contributed by atoms with Crippen LogP contribution in [0.3, 0.4) is 0 Å². The number of anilines is 1. The summed E-state index contributed by atoms with van der Waals surface area (Å²) < 4.78 is 25.9. The number of rotatable bonds is 3. The molecule has 1 amide bonds. The first kappa shape index (κ1) is 15.9. The van der Waals surface area contributed by atoms with E-state index in [-0.39, 0.29) is 5.71 Å². The van der Waals surface area contributed by atoms with Crippen molar-refractivity contribution in [1.82, 2.24) is 0 Å². The molecule has 0 bridgehead atoms. The number of benzene rings is 2. The highest BCUT2D eigenvalue weighted by Gasteiger charge is 2.07. The topological polar surface area (TPSA) is 50.7 Å². The van der Waals surface area contributed by atoms with Crippen molar-refractivity contribution in [3.63, 3.8) is 0 Å². The summed E-state index contributed by atoms with van der Waals surface area (Å²) in [5, 5.41) is 6.54. The van der Waals surface area contributed by atoms with Gasteiger partial charge in [-0.2, -0.15) is 0 Å². The maximum absolute atomic E-state index is 13.1. The van der Waals surface area contributed by atoms with Crippen LogP contribution >= 0.6 is 11.6 Å². The summed E-state index contributed by atoms with van der Waals surface area (Å²) in [4.78, 5) is 16.2. The van der Waals surface area contributed by atoms with E-state index in [1.165, 1.54) is 13.0 Å². The summed E-state index contributed by atoms with van der Waals surface area (Å²) in [6.07, 6.45) is -0.816. The molecule has 4 nitrogen and oxygen atoms in total. The fraction of sp³-hybridized carbons (Fsp3) is 0.0667. The number of hydrogen-bond acceptors (Lipinski definition) is 3. The van der Waals surface area contributed by atoms with Crippen molar-refractivity contribution in [2.45, 2.75) is 6.92 Å². The first-order chi connectivity index (χ1) is 10.5. The van der Waals surface area contributed by atoms with Crippen LogP contribution in [0.4, 0.5) is 19.3 Å².